The minimum Gasteiger partial charge on any atom is -0.315 e. The average molecular weight is 208 g/mol. The van der Waals surface area contributed by atoms with E-state index in [4.69, 9.17) is 0 Å². The van der Waals surface area contributed by atoms with Gasteiger partial charge in [0.15, 0.2) is 0 Å². The Morgan fingerprint density at radius 3 is 2.73 bits per heavy atom. The molecule has 0 aromatic heterocycles. The maximum absolute atomic E-state index is 12.7. The lowest BCUT2D eigenvalue weighted by Gasteiger charge is -2.24. The van der Waals surface area contributed by atoms with E-state index in [0.717, 1.165) is 31.6 Å². The molecule has 1 aliphatic heterocycles. The van der Waals surface area contributed by atoms with E-state index in [1.54, 1.807) is 0 Å². The first-order valence-corrected chi connectivity index (χ1v) is 5.38. The molecule has 1 heterocycles. The Morgan fingerprint density at radius 2 is 2.13 bits per heavy atom. The zero-order chi connectivity index (χ0) is 10.7. The Balaban J connectivity index is 1.90. The largest absolute Gasteiger partial charge is 0.315 e. The molecule has 0 aliphatic carbocycles. The predicted molar refractivity (Wildman–Crippen MR) is 59.1 cm³/mol. The van der Waals surface area contributed by atoms with Crippen molar-refractivity contribution < 1.29 is 4.39 Å². The summed E-state index contributed by atoms with van der Waals surface area (Å²) in [5.74, 6) is -0.174. The van der Waals surface area contributed by atoms with Gasteiger partial charge in [0, 0.05) is 18.6 Å². The van der Waals surface area contributed by atoms with Crippen molar-refractivity contribution in [3.05, 3.63) is 35.6 Å². The van der Waals surface area contributed by atoms with Crippen LogP contribution in [0.25, 0.3) is 0 Å². The topological polar surface area (TPSA) is 24.1 Å². The molecule has 1 saturated heterocycles. The summed E-state index contributed by atoms with van der Waals surface area (Å²) in [4.78, 5) is 0. The van der Waals surface area contributed by atoms with Crippen LogP contribution in [0.4, 0.5) is 4.39 Å². The van der Waals surface area contributed by atoms with Gasteiger partial charge in [-0.05, 0) is 37.6 Å². The van der Waals surface area contributed by atoms with E-state index in [2.05, 4.69) is 17.6 Å². The molecule has 2 nitrogen and oxygen atoms in total. The molecule has 1 fully saturated rings. The third-order valence-corrected chi connectivity index (χ3v) is 3.00. The Hall–Kier alpha value is -0.930. The Kier molecular flexibility index (Phi) is 3.03. The lowest BCUT2D eigenvalue weighted by molar-refractivity contribution is 0.385. The molecule has 0 bridgehead atoms. The second kappa shape index (κ2) is 4.29. The van der Waals surface area contributed by atoms with Crippen LogP contribution < -0.4 is 10.6 Å². The van der Waals surface area contributed by atoms with Crippen molar-refractivity contribution >= 4 is 0 Å². The Bertz CT molecular complexity index is 315. The van der Waals surface area contributed by atoms with Crippen LogP contribution >= 0.6 is 0 Å². The fourth-order valence-electron chi connectivity index (χ4n) is 1.89. The number of benzene rings is 1. The normalized spacial score (nSPS) is 25.7. The van der Waals surface area contributed by atoms with Gasteiger partial charge in [0.2, 0.25) is 0 Å². The molecule has 0 radical (unpaired) electrons. The SMILES string of the molecule is CC1(NCc2ccc(F)cc2)CCNC1. The van der Waals surface area contributed by atoms with Gasteiger partial charge >= 0.3 is 0 Å². The van der Waals surface area contributed by atoms with Gasteiger partial charge in [-0.3, -0.25) is 0 Å². The fraction of sp³-hybridized carbons (Fsp3) is 0.500. The van der Waals surface area contributed by atoms with E-state index in [-0.39, 0.29) is 11.4 Å². The van der Waals surface area contributed by atoms with Crippen molar-refractivity contribution in [1.82, 2.24) is 10.6 Å². The highest BCUT2D eigenvalue weighted by molar-refractivity contribution is 5.16. The molecule has 15 heavy (non-hydrogen) atoms. The third-order valence-electron chi connectivity index (χ3n) is 3.00. The highest BCUT2D eigenvalue weighted by atomic mass is 19.1. The molecule has 0 amide bonds. The Morgan fingerprint density at radius 1 is 1.40 bits per heavy atom. The second-order valence-corrected chi connectivity index (χ2v) is 4.47. The van der Waals surface area contributed by atoms with Gasteiger partial charge in [0.1, 0.15) is 5.82 Å². The van der Waals surface area contributed by atoms with Crippen LogP contribution in [0, 0.1) is 5.82 Å². The maximum atomic E-state index is 12.7. The summed E-state index contributed by atoms with van der Waals surface area (Å²) >= 11 is 0. The first-order valence-electron chi connectivity index (χ1n) is 5.38. The van der Waals surface area contributed by atoms with Crippen molar-refractivity contribution in [3.8, 4) is 0 Å². The Labute approximate surface area is 89.9 Å². The zero-order valence-electron chi connectivity index (χ0n) is 9.02. The second-order valence-electron chi connectivity index (χ2n) is 4.47. The lowest BCUT2D eigenvalue weighted by Crippen LogP contribution is -2.43. The minimum atomic E-state index is -0.174. The first-order chi connectivity index (χ1) is 7.18. The molecule has 3 heteroatoms. The van der Waals surface area contributed by atoms with E-state index in [1.165, 1.54) is 12.1 Å². The summed E-state index contributed by atoms with van der Waals surface area (Å²) in [6.45, 7) is 5.11. The first kappa shape index (κ1) is 10.6. The monoisotopic (exact) mass is 208 g/mol. The molecular formula is C12H17FN2. The quantitative estimate of drug-likeness (QED) is 0.789. The highest BCUT2D eigenvalue weighted by Crippen LogP contribution is 2.14. The van der Waals surface area contributed by atoms with E-state index in [0.29, 0.717) is 0 Å². The van der Waals surface area contributed by atoms with E-state index >= 15 is 0 Å². The maximum Gasteiger partial charge on any atom is 0.123 e. The highest BCUT2D eigenvalue weighted by Gasteiger charge is 2.27. The van der Waals surface area contributed by atoms with E-state index in [1.807, 2.05) is 12.1 Å². The van der Waals surface area contributed by atoms with Gasteiger partial charge in [-0.2, -0.15) is 0 Å². The standard InChI is InChI=1S/C12H17FN2/c1-12(6-7-14-9-12)15-8-10-2-4-11(13)5-3-10/h2-5,14-15H,6-9H2,1H3. The molecule has 1 aromatic carbocycles. The van der Waals surface area contributed by atoms with Crippen LogP contribution in [0.15, 0.2) is 24.3 Å². The molecule has 2 N–H and O–H groups in total. The van der Waals surface area contributed by atoms with Crippen molar-refractivity contribution in [2.24, 2.45) is 0 Å². The van der Waals surface area contributed by atoms with Gasteiger partial charge in [-0.25, -0.2) is 4.39 Å². The molecule has 1 aromatic rings. The predicted octanol–water partition coefficient (Wildman–Crippen LogP) is 1.67. The van der Waals surface area contributed by atoms with Crippen molar-refractivity contribution in [2.45, 2.75) is 25.4 Å². The van der Waals surface area contributed by atoms with Crippen LogP contribution in [0.3, 0.4) is 0 Å². The molecule has 2 rings (SSSR count). The zero-order valence-corrected chi connectivity index (χ0v) is 9.02. The number of hydrogen-bond acceptors (Lipinski definition) is 2. The molecule has 0 saturated carbocycles. The summed E-state index contributed by atoms with van der Waals surface area (Å²) in [6, 6.07) is 6.67. The fourth-order valence-corrected chi connectivity index (χ4v) is 1.89. The van der Waals surface area contributed by atoms with Crippen LogP contribution in [0.1, 0.15) is 18.9 Å². The van der Waals surface area contributed by atoms with Crippen LogP contribution in [0.5, 0.6) is 0 Å². The van der Waals surface area contributed by atoms with E-state index in [9.17, 15) is 4.39 Å². The van der Waals surface area contributed by atoms with Crippen LogP contribution in [-0.2, 0) is 6.54 Å². The third kappa shape index (κ3) is 2.76. The number of hydrogen-bond donors (Lipinski definition) is 2. The number of halogens is 1. The summed E-state index contributed by atoms with van der Waals surface area (Å²) in [5.41, 5.74) is 1.32. The number of rotatable bonds is 3. The van der Waals surface area contributed by atoms with Crippen LogP contribution in [-0.4, -0.2) is 18.6 Å². The molecule has 0 spiro atoms. The van der Waals surface area contributed by atoms with Crippen molar-refractivity contribution in [2.75, 3.05) is 13.1 Å². The summed E-state index contributed by atoms with van der Waals surface area (Å²) in [7, 11) is 0. The molecule has 1 atom stereocenters. The van der Waals surface area contributed by atoms with Crippen molar-refractivity contribution in [3.63, 3.8) is 0 Å². The molecular weight excluding hydrogens is 191 g/mol. The molecule has 1 aliphatic rings. The van der Waals surface area contributed by atoms with Gasteiger partial charge in [0.25, 0.3) is 0 Å². The van der Waals surface area contributed by atoms with Crippen LogP contribution in [0.2, 0.25) is 0 Å². The molecule has 1 unspecified atom stereocenters. The summed E-state index contributed by atoms with van der Waals surface area (Å²) in [6.07, 6.45) is 1.15. The van der Waals surface area contributed by atoms with Gasteiger partial charge < -0.3 is 10.6 Å². The summed E-state index contributed by atoms with van der Waals surface area (Å²) in [5, 5.41) is 6.84. The van der Waals surface area contributed by atoms with Gasteiger partial charge in [-0.1, -0.05) is 12.1 Å². The molecule has 82 valence electrons. The number of nitrogens with one attached hydrogen (secondary N) is 2. The van der Waals surface area contributed by atoms with Gasteiger partial charge in [0.05, 0.1) is 0 Å². The van der Waals surface area contributed by atoms with Crippen molar-refractivity contribution in [1.29, 1.82) is 0 Å². The minimum absolute atomic E-state index is 0.174. The smallest absolute Gasteiger partial charge is 0.123 e. The van der Waals surface area contributed by atoms with E-state index < -0.39 is 0 Å². The average Bonchev–Trinajstić information content (AvgIpc) is 2.65. The van der Waals surface area contributed by atoms with Gasteiger partial charge in [-0.15, -0.1) is 0 Å². The lowest BCUT2D eigenvalue weighted by atomic mass is 10.0. The summed E-state index contributed by atoms with van der Waals surface area (Å²) < 4.78 is 12.7.